The van der Waals surface area contributed by atoms with Crippen molar-refractivity contribution < 1.29 is 34.5 Å². The van der Waals surface area contributed by atoms with Crippen LogP contribution in [0.4, 0.5) is 0 Å². The van der Waals surface area contributed by atoms with Crippen molar-refractivity contribution in [1.82, 2.24) is 16.0 Å². The zero-order valence-corrected chi connectivity index (χ0v) is 16.3. The summed E-state index contributed by atoms with van der Waals surface area (Å²) in [5.74, 6) is -3.56. The Morgan fingerprint density at radius 1 is 1.03 bits per heavy atom. The van der Waals surface area contributed by atoms with E-state index in [1.807, 2.05) is 5.32 Å². The number of hydrogen-bond donors (Lipinski definition) is 8. The fourth-order valence-corrected chi connectivity index (χ4v) is 2.43. The van der Waals surface area contributed by atoms with Crippen molar-refractivity contribution in [2.75, 3.05) is 18.9 Å². The van der Waals surface area contributed by atoms with Crippen LogP contribution in [0.25, 0.3) is 0 Å². The number of aliphatic carboxylic acids is 1. The van der Waals surface area contributed by atoms with Crippen molar-refractivity contribution in [2.45, 2.75) is 24.5 Å². The second-order valence-electron chi connectivity index (χ2n) is 6.08. The Morgan fingerprint density at radius 3 is 2.17 bits per heavy atom. The van der Waals surface area contributed by atoms with Gasteiger partial charge in [-0.25, -0.2) is 4.79 Å². The number of carboxylic acid groups (broad SMARTS) is 1. The van der Waals surface area contributed by atoms with Gasteiger partial charge in [-0.1, -0.05) is 12.1 Å². The van der Waals surface area contributed by atoms with Crippen LogP contribution in [0.15, 0.2) is 24.3 Å². The summed E-state index contributed by atoms with van der Waals surface area (Å²) in [5.41, 5.74) is 6.55. The van der Waals surface area contributed by atoms with Crippen LogP contribution in [-0.4, -0.2) is 76.0 Å². The number of aliphatic hydroxyl groups excluding tert-OH is 1. The topological polar surface area (TPSA) is 191 Å². The highest BCUT2D eigenvalue weighted by atomic mass is 32.1. The molecule has 0 bridgehead atoms. The van der Waals surface area contributed by atoms with Gasteiger partial charge in [0.1, 0.15) is 17.8 Å². The van der Waals surface area contributed by atoms with E-state index < -0.39 is 55.0 Å². The van der Waals surface area contributed by atoms with Crippen LogP contribution in [0, 0.1) is 0 Å². The summed E-state index contributed by atoms with van der Waals surface area (Å²) in [5, 5.41) is 33.6. The molecule has 8 N–H and O–H groups in total. The largest absolute Gasteiger partial charge is 0.508 e. The molecule has 0 fully saturated rings. The van der Waals surface area contributed by atoms with E-state index in [9.17, 15) is 24.3 Å². The molecule has 0 aliphatic heterocycles. The lowest BCUT2D eigenvalue weighted by atomic mass is 10.1. The molecule has 11 nitrogen and oxygen atoms in total. The smallest absolute Gasteiger partial charge is 0.328 e. The van der Waals surface area contributed by atoms with E-state index in [2.05, 4.69) is 23.3 Å². The van der Waals surface area contributed by atoms with Crippen LogP contribution >= 0.6 is 12.6 Å². The van der Waals surface area contributed by atoms with Crippen molar-refractivity contribution >= 4 is 36.3 Å². The molecule has 0 heterocycles. The Balaban J connectivity index is 2.52. The standard InChI is InChI=1S/C17H24N4O7S/c18-11(5-9-1-3-10(23)4-2-9)15(25)21-13(8-29)16(26)19-6-14(24)20-12(7-22)17(27)28/h1-4,11-13,22-23,29H,5-8,18H2,(H,19,26)(H,20,24)(H,21,25)(H,27,28). The van der Waals surface area contributed by atoms with Crippen molar-refractivity contribution in [3.05, 3.63) is 29.8 Å². The van der Waals surface area contributed by atoms with Crippen molar-refractivity contribution in [3.63, 3.8) is 0 Å². The van der Waals surface area contributed by atoms with Crippen LogP contribution in [0.5, 0.6) is 5.75 Å². The maximum absolute atomic E-state index is 12.2. The minimum absolute atomic E-state index is 0.0699. The summed E-state index contributed by atoms with van der Waals surface area (Å²) in [4.78, 5) is 46.7. The fourth-order valence-electron chi connectivity index (χ4n) is 2.17. The average molecular weight is 428 g/mol. The number of carbonyl (C=O) groups is 4. The first-order chi connectivity index (χ1) is 13.7. The monoisotopic (exact) mass is 428 g/mol. The molecule has 12 heteroatoms. The van der Waals surface area contributed by atoms with Gasteiger partial charge in [0.05, 0.1) is 19.2 Å². The van der Waals surface area contributed by atoms with Crippen molar-refractivity contribution in [1.29, 1.82) is 0 Å². The number of amides is 3. The number of hydrogen-bond acceptors (Lipinski definition) is 8. The molecule has 0 spiro atoms. The summed E-state index contributed by atoms with van der Waals surface area (Å²) in [6.45, 7) is -1.36. The summed E-state index contributed by atoms with van der Waals surface area (Å²) >= 11 is 4.00. The van der Waals surface area contributed by atoms with E-state index in [1.165, 1.54) is 12.1 Å². The summed E-state index contributed by atoms with van der Waals surface area (Å²) in [7, 11) is 0. The SMILES string of the molecule is NC(Cc1ccc(O)cc1)C(=O)NC(CS)C(=O)NCC(=O)NC(CO)C(=O)O. The molecule has 1 rings (SSSR count). The predicted molar refractivity (Wildman–Crippen MR) is 105 cm³/mol. The molecular weight excluding hydrogens is 404 g/mol. The third-order valence-corrected chi connectivity index (χ3v) is 4.15. The van der Waals surface area contributed by atoms with Gasteiger partial charge in [0.2, 0.25) is 17.7 Å². The molecule has 1 aromatic rings. The highest BCUT2D eigenvalue weighted by molar-refractivity contribution is 7.80. The first-order valence-electron chi connectivity index (χ1n) is 8.53. The third kappa shape index (κ3) is 8.37. The van der Waals surface area contributed by atoms with Crippen LogP contribution in [0.3, 0.4) is 0 Å². The predicted octanol–water partition coefficient (Wildman–Crippen LogP) is -2.65. The quantitative estimate of drug-likeness (QED) is 0.175. The van der Waals surface area contributed by atoms with Gasteiger partial charge in [0.25, 0.3) is 0 Å². The lowest BCUT2D eigenvalue weighted by molar-refractivity contribution is -0.142. The van der Waals surface area contributed by atoms with Gasteiger partial charge in [0, 0.05) is 5.75 Å². The Kier molecular flexibility index (Phi) is 9.92. The second-order valence-corrected chi connectivity index (χ2v) is 6.44. The minimum atomic E-state index is -1.49. The zero-order chi connectivity index (χ0) is 22.0. The number of aliphatic hydroxyl groups is 1. The normalized spacial score (nSPS) is 13.6. The molecule has 1 aromatic carbocycles. The van der Waals surface area contributed by atoms with E-state index in [0.29, 0.717) is 5.56 Å². The molecule has 0 aliphatic carbocycles. The first kappa shape index (κ1) is 24.2. The van der Waals surface area contributed by atoms with Gasteiger partial charge < -0.3 is 37.0 Å². The van der Waals surface area contributed by atoms with Gasteiger partial charge in [-0.2, -0.15) is 12.6 Å². The molecule has 3 amide bonds. The lowest BCUT2D eigenvalue weighted by Crippen LogP contribution is -2.54. The number of phenols is 1. The third-order valence-electron chi connectivity index (χ3n) is 3.78. The van der Waals surface area contributed by atoms with Crippen LogP contribution in [0.1, 0.15) is 5.56 Å². The molecule has 29 heavy (non-hydrogen) atoms. The van der Waals surface area contributed by atoms with E-state index >= 15 is 0 Å². The number of carboxylic acids is 1. The Hall–Kier alpha value is -2.83. The number of rotatable bonds is 11. The number of nitrogens with two attached hydrogens (primary N) is 1. The van der Waals surface area contributed by atoms with E-state index in [0.717, 1.165) is 0 Å². The summed E-state index contributed by atoms with van der Waals surface area (Å²) in [6, 6.07) is 2.62. The van der Waals surface area contributed by atoms with Crippen molar-refractivity contribution in [2.24, 2.45) is 5.73 Å². The van der Waals surface area contributed by atoms with Gasteiger partial charge in [0.15, 0.2) is 0 Å². The van der Waals surface area contributed by atoms with Crippen LogP contribution in [-0.2, 0) is 25.6 Å². The van der Waals surface area contributed by atoms with Gasteiger partial charge in [-0.3, -0.25) is 14.4 Å². The Morgan fingerprint density at radius 2 is 1.66 bits per heavy atom. The lowest BCUT2D eigenvalue weighted by Gasteiger charge is -2.19. The Bertz CT molecular complexity index is 729. The number of phenolic OH excluding ortho intramolecular Hbond substituents is 1. The number of thiol groups is 1. The fraction of sp³-hybridized carbons (Fsp3) is 0.412. The van der Waals surface area contributed by atoms with Gasteiger partial charge in [-0.05, 0) is 24.1 Å². The van der Waals surface area contributed by atoms with E-state index in [4.69, 9.17) is 15.9 Å². The molecule has 0 aromatic heterocycles. The van der Waals surface area contributed by atoms with Crippen molar-refractivity contribution in [3.8, 4) is 5.75 Å². The summed E-state index contributed by atoms with van der Waals surface area (Å²) in [6.07, 6.45) is 0.174. The van der Waals surface area contributed by atoms with E-state index in [1.54, 1.807) is 12.1 Å². The first-order valence-corrected chi connectivity index (χ1v) is 9.16. The van der Waals surface area contributed by atoms with Gasteiger partial charge >= 0.3 is 5.97 Å². The molecule has 3 unspecified atom stereocenters. The number of aromatic hydroxyl groups is 1. The molecule has 0 saturated heterocycles. The highest BCUT2D eigenvalue weighted by Gasteiger charge is 2.24. The number of benzene rings is 1. The number of carbonyl (C=O) groups excluding carboxylic acids is 3. The molecule has 160 valence electrons. The zero-order valence-electron chi connectivity index (χ0n) is 15.4. The molecule has 0 saturated carbocycles. The molecular formula is C17H24N4O7S. The summed E-state index contributed by atoms with van der Waals surface area (Å²) < 4.78 is 0. The van der Waals surface area contributed by atoms with E-state index in [-0.39, 0.29) is 17.9 Å². The molecule has 0 aliphatic rings. The Labute approximate surface area is 172 Å². The van der Waals surface area contributed by atoms with Crippen LogP contribution in [0.2, 0.25) is 0 Å². The second kappa shape index (κ2) is 11.9. The maximum Gasteiger partial charge on any atom is 0.328 e. The molecule has 0 radical (unpaired) electrons. The van der Waals surface area contributed by atoms with Gasteiger partial charge in [-0.15, -0.1) is 0 Å². The maximum atomic E-state index is 12.2. The molecule has 3 atom stereocenters. The number of nitrogens with one attached hydrogen (secondary N) is 3. The highest BCUT2D eigenvalue weighted by Crippen LogP contribution is 2.11. The minimum Gasteiger partial charge on any atom is -0.508 e. The average Bonchev–Trinajstić information content (AvgIpc) is 2.69. The van der Waals surface area contributed by atoms with Crippen LogP contribution < -0.4 is 21.7 Å².